The summed E-state index contributed by atoms with van der Waals surface area (Å²) in [6.45, 7) is 4.32. The second-order valence-corrected chi connectivity index (χ2v) is 5.23. The van der Waals surface area contributed by atoms with Crippen molar-refractivity contribution in [3.63, 3.8) is 0 Å². The van der Waals surface area contributed by atoms with Crippen LogP contribution in [0.3, 0.4) is 0 Å². The number of nitrogens with zero attached hydrogens (tertiary/aromatic N) is 1. The molecule has 0 saturated heterocycles. The highest BCUT2D eigenvalue weighted by Crippen LogP contribution is 2.34. The number of nitrogens with two attached hydrogens (primary N) is 1. The molecule has 0 aliphatic carbocycles. The highest BCUT2D eigenvalue weighted by atomic mass is 14.8. The third-order valence-electron chi connectivity index (χ3n) is 3.74. The number of nitriles is 1. The van der Waals surface area contributed by atoms with E-state index in [0.717, 1.165) is 42.1 Å². The average molecular weight is 255 g/mol. The van der Waals surface area contributed by atoms with Crippen LogP contribution in [0.15, 0.2) is 24.4 Å². The molecular formula is C16H21N3. The number of hydrogen-bond acceptors (Lipinski definition) is 2. The summed E-state index contributed by atoms with van der Waals surface area (Å²) >= 11 is 0. The maximum absolute atomic E-state index is 9.04. The van der Waals surface area contributed by atoms with Crippen LogP contribution in [-0.2, 0) is 5.54 Å². The van der Waals surface area contributed by atoms with Gasteiger partial charge in [0, 0.05) is 22.6 Å². The first-order valence-electron chi connectivity index (χ1n) is 6.95. The first kappa shape index (κ1) is 13.6. The molecule has 0 spiro atoms. The SMILES string of the molecule is CCCC(N)(CCC)c1c[nH]c2ccc(C#N)cc12. The molecule has 2 aromatic rings. The van der Waals surface area contributed by atoms with Gasteiger partial charge in [0.15, 0.2) is 0 Å². The number of aromatic nitrogens is 1. The molecule has 3 N–H and O–H groups in total. The molecule has 1 aromatic heterocycles. The van der Waals surface area contributed by atoms with Crippen molar-refractivity contribution in [1.82, 2.24) is 4.98 Å². The molecule has 3 nitrogen and oxygen atoms in total. The topological polar surface area (TPSA) is 65.6 Å². The predicted molar refractivity (Wildman–Crippen MR) is 78.7 cm³/mol. The first-order chi connectivity index (χ1) is 9.14. The lowest BCUT2D eigenvalue weighted by Crippen LogP contribution is -2.36. The van der Waals surface area contributed by atoms with Crippen LogP contribution in [0, 0.1) is 11.3 Å². The molecule has 0 amide bonds. The summed E-state index contributed by atoms with van der Waals surface area (Å²) in [5.41, 5.74) is 9.22. The lowest BCUT2D eigenvalue weighted by Gasteiger charge is -2.29. The molecular weight excluding hydrogens is 234 g/mol. The van der Waals surface area contributed by atoms with E-state index in [0.29, 0.717) is 5.56 Å². The summed E-state index contributed by atoms with van der Waals surface area (Å²) in [6, 6.07) is 7.92. The minimum atomic E-state index is -0.296. The molecule has 0 saturated carbocycles. The maximum Gasteiger partial charge on any atom is 0.0991 e. The van der Waals surface area contributed by atoms with Crippen LogP contribution in [0.4, 0.5) is 0 Å². The number of nitrogens with one attached hydrogen (secondary N) is 1. The number of rotatable bonds is 5. The van der Waals surface area contributed by atoms with Gasteiger partial charge in [0.2, 0.25) is 0 Å². The van der Waals surface area contributed by atoms with Gasteiger partial charge in [-0.3, -0.25) is 0 Å². The van der Waals surface area contributed by atoms with Crippen molar-refractivity contribution in [1.29, 1.82) is 5.26 Å². The molecule has 0 aliphatic rings. The molecule has 0 bridgehead atoms. The molecule has 0 radical (unpaired) electrons. The zero-order valence-electron chi connectivity index (χ0n) is 11.7. The molecule has 0 unspecified atom stereocenters. The zero-order valence-corrected chi connectivity index (χ0v) is 11.7. The van der Waals surface area contributed by atoms with E-state index in [-0.39, 0.29) is 5.54 Å². The van der Waals surface area contributed by atoms with Crippen LogP contribution in [0.5, 0.6) is 0 Å². The van der Waals surface area contributed by atoms with E-state index in [2.05, 4.69) is 24.9 Å². The molecule has 0 atom stereocenters. The molecule has 0 fully saturated rings. The maximum atomic E-state index is 9.04. The van der Waals surface area contributed by atoms with Crippen molar-refractivity contribution < 1.29 is 0 Å². The van der Waals surface area contributed by atoms with Crippen LogP contribution < -0.4 is 5.73 Å². The fraction of sp³-hybridized carbons (Fsp3) is 0.438. The van der Waals surface area contributed by atoms with Crippen molar-refractivity contribution >= 4 is 10.9 Å². The molecule has 0 aliphatic heterocycles. The van der Waals surface area contributed by atoms with Crippen LogP contribution in [0.2, 0.25) is 0 Å². The number of hydrogen-bond donors (Lipinski definition) is 2. The van der Waals surface area contributed by atoms with Gasteiger partial charge in [-0.05, 0) is 36.6 Å². The number of aromatic amines is 1. The van der Waals surface area contributed by atoms with Crippen molar-refractivity contribution in [3.8, 4) is 6.07 Å². The van der Waals surface area contributed by atoms with Gasteiger partial charge in [0.05, 0.1) is 11.6 Å². The number of benzene rings is 1. The fourth-order valence-electron chi connectivity index (χ4n) is 2.89. The summed E-state index contributed by atoms with van der Waals surface area (Å²) in [5.74, 6) is 0. The van der Waals surface area contributed by atoms with Crippen molar-refractivity contribution in [2.75, 3.05) is 0 Å². The quantitative estimate of drug-likeness (QED) is 0.853. The van der Waals surface area contributed by atoms with Crippen LogP contribution in [-0.4, -0.2) is 4.98 Å². The van der Waals surface area contributed by atoms with Crippen LogP contribution in [0.1, 0.15) is 50.7 Å². The fourth-order valence-corrected chi connectivity index (χ4v) is 2.89. The molecule has 2 rings (SSSR count). The van der Waals surface area contributed by atoms with Crippen LogP contribution in [0.25, 0.3) is 10.9 Å². The Morgan fingerprint density at radius 2 is 1.95 bits per heavy atom. The van der Waals surface area contributed by atoms with E-state index >= 15 is 0 Å². The van der Waals surface area contributed by atoms with E-state index in [9.17, 15) is 0 Å². The Labute approximate surface area is 114 Å². The highest BCUT2D eigenvalue weighted by molar-refractivity contribution is 5.85. The zero-order chi connectivity index (χ0) is 13.9. The lowest BCUT2D eigenvalue weighted by atomic mass is 9.82. The largest absolute Gasteiger partial charge is 0.361 e. The summed E-state index contributed by atoms with van der Waals surface area (Å²) in [7, 11) is 0. The van der Waals surface area contributed by atoms with Gasteiger partial charge in [-0.1, -0.05) is 26.7 Å². The van der Waals surface area contributed by atoms with Gasteiger partial charge in [-0.2, -0.15) is 5.26 Å². The van der Waals surface area contributed by atoms with E-state index < -0.39 is 0 Å². The Hall–Kier alpha value is -1.79. The minimum Gasteiger partial charge on any atom is -0.361 e. The molecule has 3 heteroatoms. The summed E-state index contributed by atoms with van der Waals surface area (Å²) in [5, 5.41) is 10.1. The van der Waals surface area contributed by atoms with Gasteiger partial charge in [0.1, 0.15) is 0 Å². The van der Waals surface area contributed by atoms with E-state index in [1.807, 2.05) is 24.4 Å². The van der Waals surface area contributed by atoms with Gasteiger partial charge >= 0.3 is 0 Å². The van der Waals surface area contributed by atoms with Crippen molar-refractivity contribution in [3.05, 3.63) is 35.5 Å². The Morgan fingerprint density at radius 3 is 2.53 bits per heavy atom. The number of H-pyrrole nitrogens is 1. The van der Waals surface area contributed by atoms with E-state index in [4.69, 9.17) is 11.0 Å². The Morgan fingerprint density at radius 1 is 1.26 bits per heavy atom. The molecule has 1 heterocycles. The predicted octanol–water partition coefficient (Wildman–Crippen LogP) is 3.79. The second kappa shape index (κ2) is 5.46. The standard InChI is InChI=1S/C16H21N3/c1-3-7-16(18,8-4-2)14-11-19-15-6-5-12(10-17)9-13(14)15/h5-6,9,11,19H,3-4,7-8,18H2,1-2H3. The van der Waals surface area contributed by atoms with Crippen LogP contribution >= 0.6 is 0 Å². The summed E-state index contributed by atoms with van der Waals surface area (Å²) in [6.07, 6.45) is 6.05. The van der Waals surface area contributed by atoms with Gasteiger partial charge in [0.25, 0.3) is 0 Å². The van der Waals surface area contributed by atoms with E-state index in [1.165, 1.54) is 0 Å². The summed E-state index contributed by atoms with van der Waals surface area (Å²) < 4.78 is 0. The van der Waals surface area contributed by atoms with E-state index in [1.54, 1.807) is 0 Å². The Kier molecular flexibility index (Phi) is 3.92. The van der Waals surface area contributed by atoms with Crippen molar-refractivity contribution in [2.24, 2.45) is 5.73 Å². The average Bonchev–Trinajstić information content (AvgIpc) is 2.82. The smallest absolute Gasteiger partial charge is 0.0991 e. The third kappa shape index (κ3) is 2.50. The first-order valence-corrected chi connectivity index (χ1v) is 6.95. The number of fused-ring (bicyclic) bond motifs is 1. The summed E-state index contributed by atoms with van der Waals surface area (Å²) in [4.78, 5) is 3.27. The second-order valence-electron chi connectivity index (χ2n) is 5.23. The highest BCUT2D eigenvalue weighted by Gasteiger charge is 2.28. The van der Waals surface area contributed by atoms with Gasteiger partial charge in [-0.15, -0.1) is 0 Å². The molecule has 19 heavy (non-hydrogen) atoms. The normalized spacial score (nSPS) is 11.7. The van der Waals surface area contributed by atoms with Crippen molar-refractivity contribution in [2.45, 2.75) is 45.1 Å². The van der Waals surface area contributed by atoms with Gasteiger partial charge < -0.3 is 10.7 Å². The minimum absolute atomic E-state index is 0.296. The van der Waals surface area contributed by atoms with Gasteiger partial charge in [-0.25, -0.2) is 0 Å². The molecule has 100 valence electrons. The Bertz CT molecular complexity index is 598. The third-order valence-corrected chi connectivity index (χ3v) is 3.74. The monoisotopic (exact) mass is 255 g/mol. The Balaban J connectivity index is 2.56. The lowest BCUT2D eigenvalue weighted by molar-refractivity contribution is 0.372. The molecule has 1 aromatic carbocycles.